The summed E-state index contributed by atoms with van der Waals surface area (Å²) in [5.41, 5.74) is -0.405. The van der Waals surface area contributed by atoms with Crippen LogP contribution in [0, 0.1) is 5.92 Å². The molecule has 1 aliphatic carbocycles. The van der Waals surface area contributed by atoms with Crippen LogP contribution in [-0.4, -0.2) is 41.8 Å². The fourth-order valence-electron chi connectivity index (χ4n) is 3.02. The van der Waals surface area contributed by atoms with E-state index in [-0.39, 0.29) is 6.09 Å². The molecule has 0 bridgehead atoms. The van der Waals surface area contributed by atoms with E-state index in [1.807, 2.05) is 25.7 Å². The first-order valence-electron chi connectivity index (χ1n) is 7.10. The third-order valence-electron chi connectivity index (χ3n) is 3.87. The van der Waals surface area contributed by atoms with Crippen LogP contribution >= 0.6 is 0 Å². The van der Waals surface area contributed by atoms with Crippen molar-refractivity contribution in [2.24, 2.45) is 5.92 Å². The van der Waals surface area contributed by atoms with E-state index < -0.39 is 5.60 Å². The second-order valence-corrected chi connectivity index (χ2v) is 6.72. The Morgan fingerprint density at radius 2 is 2.06 bits per heavy atom. The molecule has 0 aromatic rings. The maximum Gasteiger partial charge on any atom is 0.410 e. The van der Waals surface area contributed by atoms with Crippen molar-refractivity contribution in [2.75, 3.05) is 13.1 Å². The van der Waals surface area contributed by atoms with E-state index in [2.05, 4.69) is 12.2 Å². The van der Waals surface area contributed by atoms with Gasteiger partial charge in [-0.15, -0.1) is 0 Å². The van der Waals surface area contributed by atoms with E-state index in [0.717, 1.165) is 19.5 Å². The van der Waals surface area contributed by atoms with Gasteiger partial charge in [0.1, 0.15) is 5.60 Å². The van der Waals surface area contributed by atoms with Gasteiger partial charge in [0.15, 0.2) is 0 Å². The third kappa shape index (κ3) is 3.16. The van der Waals surface area contributed by atoms with E-state index in [1.54, 1.807) is 0 Å². The molecule has 3 unspecified atom stereocenters. The Balaban J connectivity index is 2.04. The lowest BCUT2D eigenvalue weighted by Gasteiger charge is -2.46. The summed E-state index contributed by atoms with van der Waals surface area (Å²) in [7, 11) is 0. The first-order chi connectivity index (χ1) is 8.37. The molecule has 0 aromatic carbocycles. The van der Waals surface area contributed by atoms with Gasteiger partial charge >= 0.3 is 6.09 Å². The van der Waals surface area contributed by atoms with E-state index >= 15 is 0 Å². The lowest BCUT2D eigenvalue weighted by atomic mass is 9.81. The summed E-state index contributed by atoms with van der Waals surface area (Å²) in [5, 5.41) is 3.54. The zero-order valence-electron chi connectivity index (χ0n) is 12.0. The van der Waals surface area contributed by atoms with Crippen molar-refractivity contribution in [3.05, 3.63) is 0 Å². The van der Waals surface area contributed by atoms with Gasteiger partial charge in [-0.1, -0.05) is 6.92 Å². The maximum absolute atomic E-state index is 12.3. The van der Waals surface area contributed by atoms with Gasteiger partial charge in [-0.2, -0.15) is 0 Å². The molecule has 2 fully saturated rings. The van der Waals surface area contributed by atoms with Gasteiger partial charge in [0.25, 0.3) is 0 Å². The Kier molecular flexibility index (Phi) is 3.85. The number of hydrogen-bond donors (Lipinski definition) is 1. The number of piperazine rings is 1. The molecule has 0 aromatic heterocycles. The average Bonchev–Trinajstić information content (AvgIpc) is 2.25. The van der Waals surface area contributed by atoms with Crippen LogP contribution in [-0.2, 0) is 4.74 Å². The number of amides is 1. The van der Waals surface area contributed by atoms with Gasteiger partial charge in [0.05, 0.1) is 6.04 Å². The minimum atomic E-state index is -0.405. The van der Waals surface area contributed by atoms with Crippen LogP contribution in [0.25, 0.3) is 0 Å². The Morgan fingerprint density at radius 1 is 1.33 bits per heavy atom. The van der Waals surface area contributed by atoms with Crippen molar-refractivity contribution in [3.8, 4) is 0 Å². The lowest BCUT2D eigenvalue weighted by Crippen LogP contribution is -2.61. The molecule has 1 aliphatic heterocycles. The number of carbonyl (C=O) groups excluding carboxylic acids is 1. The summed E-state index contributed by atoms with van der Waals surface area (Å²) in [6.45, 7) is 9.70. The first-order valence-corrected chi connectivity index (χ1v) is 7.10. The van der Waals surface area contributed by atoms with Gasteiger partial charge in [-0.3, -0.25) is 0 Å². The average molecular weight is 254 g/mol. The molecule has 3 atom stereocenters. The molecule has 1 amide bonds. The molecule has 104 valence electrons. The molecular formula is C14H26N2O2. The molecular weight excluding hydrogens is 228 g/mol. The highest BCUT2D eigenvalue weighted by atomic mass is 16.6. The van der Waals surface area contributed by atoms with Gasteiger partial charge in [-0.05, 0) is 46.0 Å². The van der Waals surface area contributed by atoms with Gasteiger partial charge in [0, 0.05) is 19.1 Å². The van der Waals surface area contributed by atoms with Crippen molar-refractivity contribution in [3.63, 3.8) is 0 Å². The van der Waals surface area contributed by atoms with Crippen molar-refractivity contribution < 1.29 is 9.53 Å². The molecule has 1 saturated carbocycles. The molecule has 1 heterocycles. The van der Waals surface area contributed by atoms with E-state index in [9.17, 15) is 4.79 Å². The Bertz CT molecular complexity index is 311. The van der Waals surface area contributed by atoms with Crippen molar-refractivity contribution in [2.45, 2.75) is 64.6 Å². The topological polar surface area (TPSA) is 41.6 Å². The molecule has 4 nitrogen and oxygen atoms in total. The van der Waals surface area contributed by atoms with Crippen LogP contribution < -0.4 is 5.32 Å². The van der Waals surface area contributed by atoms with E-state index in [0.29, 0.717) is 18.0 Å². The lowest BCUT2D eigenvalue weighted by molar-refractivity contribution is -0.00350. The minimum Gasteiger partial charge on any atom is -0.444 e. The highest BCUT2D eigenvalue weighted by Crippen LogP contribution is 2.30. The molecule has 2 rings (SSSR count). The summed E-state index contributed by atoms with van der Waals surface area (Å²) in [5.74, 6) is 0.705. The Hall–Kier alpha value is -0.770. The smallest absolute Gasteiger partial charge is 0.410 e. The monoisotopic (exact) mass is 254 g/mol. The SMILES string of the molecule is CC1CCC2NCCN(C(=O)OC(C)(C)C)C2C1. The Labute approximate surface area is 110 Å². The predicted octanol–water partition coefficient (Wildman–Crippen LogP) is 2.38. The Morgan fingerprint density at radius 3 is 2.72 bits per heavy atom. The van der Waals surface area contributed by atoms with Crippen LogP contribution in [0.5, 0.6) is 0 Å². The fourth-order valence-corrected chi connectivity index (χ4v) is 3.02. The van der Waals surface area contributed by atoms with Gasteiger partial charge in [0.2, 0.25) is 0 Å². The number of ether oxygens (including phenoxy) is 1. The number of carbonyl (C=O) groups is 1. The van der Waals surface area contributed by atoms with Gasteiger partial charge < -0.3 is 15.0 Å². The van der Waals surface area contributed by atoms with Crippen LogP contribution in [0.15, 0.2) is 0 Å². The molecule has 18 heavy (non-hydrogen) atoms. The van der Waals surface area contributed by atoms with Crippen LogP contribution in [0.2, 0.25) is 0 Å². The number of rotatable bonds is 0. The number of hydrogen-bond acceptors (Lipinski definition) is 3. The minimum absolute atomic E-state index is 0.145. The molecule has 0 spiro atoms. The molecule has 4 heteroatoms. The van der Waals surface area contributed by atoms with Crippen molar-refractivity contribution in [1.82, 2.24) is 10.2 Å². The molecule has 1 N–H and O–H groups in total. The largest absolute Gasteiger partial charge is 0.444 e. The number of nitrogens with zero attached hydrogens (tertiary/aromatic N) is 1. The zero-order valence-corrected chi connectivity index (χ0v) is 12.0. The second-order valence-electron chi connectivity index (χ2n) is 6.72. The van der Waals surface area contributed by atoms with E-state index in [1.165, 1.54) is 12.8 Å². The van der Waals surface area contributed by atoms with E-state index in [4.69, 9.17) is 4.74 Å². The van der Waals surface area contributed by atoms with Crippen LogP contribution in [0.4, 0.5) is 4.79 Å². The standard InChI is InChI=1S/C14H26N2O2/c1-10-5-6-11-12(9-10)16(8-7-15-11)13(17)18-14(2,3)4/h10-12,15H,5-9H2,1-4H3. The summed E-state index contributed by atoms with van der Waals surface area (Å²) >= 11 is 0. The highest BCUT2D eigenvalue weighted by molar-refractivity contribution is 5.69. The summed E-state index contributed by atoms with van der Waals surface area (Å²) in [6, 6.07) is 0.778. The molecule has 2 aliphatic rings. The zero-order chi connectivity index (χ0) is 13.3. The highest BCUT2D eigenvalue weighted by Gasteiger charge is 2.39. The summed E-state index contributed by atoms with van der Waals surface area (Å²) in [6.07, 6.45) is 3.38. The summed E-state index contributed by atoms with van der Waals surface area (Å²) in [4.78, 5) is 14.2. The van der Waals surface area contributed by atoms with Crippen molar-refractivity contribution in [1.29, 1.82) is 0 Å². The van der Waals surface area contributed by atoms with Crippen molar-refractivity contribution >= 4 is 6.09 Å². The molecule has 0 radical (unpaired) electrons. The fraction of sp³-hybridized carbons (Fsp3) is 0.929. The second kappa shape index (κ2) is 5.08. The third-order valence-corrected chi connectivity index (χ3v) is 3.87. The quantitative estimate of drug-likeness (QED) is 0.721. The normalized spacial score (nSPS) is 32.9. The first kappa shape index (κ1) is 13.7. The maximum atomic E-state index is 12.3. The number of nitrogens with one attached hydrogen (secondary N) is 1. The predicted molar refractivity (Wildman–Crippen MR) is 71.5 cm³/mol. The van der Waals surface area contributed by atoms with Crippen LogP contribution in [0.3, 0.4) is 0 Å². The van der Waals surface area contributed by atoms with Crippen LogP contribution in [0.1, 0.15) is 47.0 Å². The number of fused-ring (bicyclic) bond motifs is 1. The molecule has 1 saturated heterocycles. The summed E-state index contributed by atoms with van der Waals surface area (Å²) < 4.78 is 5.52. The van der Waals surface area contributed by atoms with Gasteiger partial charge in [-0.25, -0.2) is 4.79 Å².